The van der Waals surface area contributed by atoms with Crippen molar-refractivity contribution in [1.29, 1.82) is 0 Å². The summed E-state index contributed by atoms with van der Waals surface area (Å²) in [5.74, 6) is -0.304. The average molecular weight is 205 g/mol. The number of hydrogen-bond acceptors (Lipinski definition) is 5. The molecular weight excluding hydrogens is 186 g/mol. The first-order chi connectivity index (χ1) is 6.54. The second-order valence-electron chi connectivity index (χ2n) is 3.82. The van der Waals surface area contributed by atoms with Gasteiger partial charge in [0.15, 0.2) is 0 Å². The lowest BCUT2D eigenvalue weighted by molar-refractivity contribution is -0.175. The van der Waals surface area contributed by atoms with Crippen LogP contribution in [0.5, 0.6) is 0 Å². The van der Waals surface area contributed by atoms with Crippen molar-refractivity contribution in [2.75, 3.05) is 14.2 Å². The van der Waals surface area contributed by atoms with Gasteiger partial charge < -0.3 is 25.4 Å². The second-order valence-corrected chi connectivity index (χ2v) is 3.82. The molecule has 0 bridgehead atoms. The van der Waals surface area contributed by atoms with E-state index in [2.05, 4.69) is 0 Å². The van der Waals surface area contributed by atoms with Crippen molar-refractivity contribution in [3.05, 3.63) is 0 Å². The Balaban J connectivity index is 2.84. The molecule has 5 heteroatoms. The standard InChI is InChI=1S/C9H19NO4/c1-4-6(11)5(10)8(13-2)9(14-3)7(4)12/h4-9,11-12H,10H2,1-3H3/t4-,5+,6?,7+,8-,9-/m1/s1. The summed E-state index contributed by atoms with van der Waals surface area (Å²) in [6, 6.07) is -0.525. The number of aliphatic hydroxyl groups excluding tert-OH is 2. The molecule has 1 aliphatic rings. The molecule has 0 radical (unpaired) electrons. The van der Waals surface area contributed by atoms with Crippen molar-refractivity contribution in [3.63, 3.8) is 0 Å². The Bertz CT molecular complexity index is 170. The zero-order valence-corrected chi connectivity index (χ0v) is 8.75. The predicted octanol–water partition coefficient (Wildman–Crippen LogP) is -1.28. The second kappa shape index (κ2) is 4.55. The Labute approximate surface area is 83.8 Å². The van der Waals surface area contributed by atoms with Gasteiger partial charge in [0.25, 0.3) is 0 Å². The zero-order chi connectivity index (χ0) is 10.9. The summed E-state index contributed by atoms with van der Waals surface area (Å²) in [5.41, 5.74) is 5.79. The molecule has 14 heavy (non-hydrogen) atoms. The van der Waals surface area contributed by atoms with E-state index in [1.165, 1.54) is 14.2 Å². The van der Waals surface area contributed by atoms with Crippen LogP contribution in [-0.2, 0) is 9.47 Å². The van der Waals surface area contributed by atoms with Gasteiger partial charge in [0.05, 0.1) is 18.2 Å². The maximum atomic E-state index is 9.81. The molecule has 5 nitrogen and oxygen atoms in total. The van der Waals surface area contributed by atoms with Crippen LogP contribution in [0.25, 0.3) is 0 Å². The van der Waals surface area contributed by atoms with Crippen molar-refractivity contribution < 1.29 is 19.7 Å². The molecule has 1 aliphatic carbocycles. The van der Waals surface area contributed by atoms with Gasteiger partial charge >= 0.3 is 0 Å². The molecule has 1 saturated carbocycles. The summed E-state index contributed by atoms with van der Waals surface area (Å²) in [6.45, 7) is 1.74. The van der Waals surface area contributed by atoms with E-state index >= 15 is 0 Å². The third-order valence-electron chi connectivity index (χ3n) is 3.06. The van der Waals surface area contributed by atoms with E-state index in [1.807, 2.05) is 0 Å². The van der Waals surface area contributed by atoms with Crippen LogP contribution in [-0.4, -0.2) is 54.9 Å². The minimum Gasteiger partial charge on any atom is -0.391 e. The molecule has 1 fully saturated rings. The highest BCUT2D eigenvalue weighted by Crippen LogP contribution is 2.28. The molecule has 4 N–H and O–H groups in total. The van der Waals surface area contributed by atoms with Crippen LogP contribution in [0.3, 0.4) is 0 Å². The highest BCUT2D eigenvalue weighted by molar-refractivity contribution is 5.00. The molecule has 84 valence electrons. The van der Waals surface area contributed by atoms with Gasteiger partial charge in [-0.3, -0.25) is 0 Å². The first kappa shape index (κ1) is 11.9. The van der Waals surface area contributed by atoms with E-state index < -0.39 is 30.5 Å². The Morgan fingerprint density at radius 2 is 1.50 bits per heavy atom. The number of aliphatic hydroxyl groups is 2. The first-order valence-electron chi connectivity index (χ1n) is 4.71. The predicted molar refractivity (Wildman–Crippen MR) is 50.7 cm³/mol. The van der Waals surface area contributed by atoms with Gasteiger partial charge in [-0.2, -0.15) is 0 Å². The van der Waals surface area contributed by atoms with Crippen LogP contribution in [0.2, 0.25) is 0 Å². The lowest BCUT2D eigenvalue weighted by Gasteiger charge is -2.44. The van der Waals surface area contributed by atoms with Gasteiger partial charge in [-0.1, -0.05) is 6.92 Å². The summed E-state index contributed by atoms with van der Waals surface area (Å²) < 4.78 is 10.3. The summed E-state index contributed by atoms with van der Waals surface area (Å²) in [7, 11) is 2.99. The number of nitrogens with two attached hydrogens (primary N) is 1. The van der Waals surface area contributed by atoms with Crippen molar-refractivity contribution in [2.45, 2.75) is 37.4 Å². The minimum atomic E-state index is -0.763. The minimum absolute atomic E-state index is 0.304. The van der Waals surface area contributed by atoms with Crippen molar-refractivity contribution in [2.24, 2.45) is 11.7 Å². The number of rotatable bonds is 2. The van der Waals surface area contributed by atoms with Gasteiger partial charge in [-0.25, -0.2) is 0 Å². The normalized spacial score (nSPS) is 49.3. The van der Waals surface area contributed by atoms with E-state index in [0.717, 1.165) is 0 Å². The van der Waals surface area contributed by atoms with Crippen LogP contribution in [0.4, 0.5) is 0 Å². The van der Waals surface area contributed by atoms with E-state index in [-0.39, 0.29) is 5.92 Å². The fourth-order valence-corrected chi connectivity index (χ4v) is 2.02. The van der Waals surface area contributed by atoms with Crippen LogP contribution in [0.15, 0.2) is 0 Å². The maximum absolute atomic E-state index is 9.81. The van der Waals surface area contributed by atoms with Gasteiger partial charge in [-0.15, -0.1) is 0 Å². The molecule has 0 aromatic carbocycles. The lowest BCUT2D eigenvalue weighted by atomic mass is 9.78. The van der Waals surface area contributed by atoms with Gasteiger partial charge in [0.1, 0.15) is 12.2 Å². The molecule has 0 aliphatic heterocycles. The first-order valence-corrected chi connectivity index (χ1v) is 4.71. The number of ether oxygens (including phenoxy) is 2. The van der Waals surface area contributed by atoms with Crippen LogP contribution in [0.1, 0.15) is 6.92 Å². The summed E-state index contributed by atoms with van der Waals surface area (Å²) in [5, 5.41) is 19.5. The summed E-state index contributed by atoms with van der Waals surface area (Å²) >= 11 is 0. The Kier molecular flexibility index (Phi) is 3.86. The molecule has 1 unspecified atom stereocenters. The highest BCUT2D eigenvalue weighted by atomic mass is 16.5. The molecule has 0 spiro atoms. The van der Waals surface area contributed by atoms with Gasteiger partial charge in [0, 0.05) is 20.1 Å². The fourth-order valence-electron chi connectivity index (χ4n) is 2.02. The van der Waals surface area contributed by atoms with E-state index in [0.29, 0.717) is 0 Å². The molecular formula is C9H19NO4. The third-order valence-corrected chi connectivity index (χ3v) is 3.06. The average Bonchev–Trinajstić information content (AvgIpc) is 2.20. The summed E-state index contributed by atoms with van der Waals surface area (Å²) in [6.07, 6.45) is -2.46. The smallest absolute Gasteiger partial charge is 0.111 e. The topological polar surface area (TPSA) is 84.9 Å². The molecule has 0 heterocycles. The van der Waals surface area contributed by atoms with Crippen LogP contribution >= 0.6 is 0 Å². The Morgan fingerprint density at radius 1 is 1.00 bits per heavy atom. The molecule has 1 rings (SSSR count). The molecule has 0 saturated heterocycles. The maximum Gasteiger partial charge on any atom is 0.111 e. The molecule has 0 amide bonds. The summed E-state index contributed by atoms with van der Waals surface area (Å²) in [4.78, 5) is 0. The highest BCUT2D eigenvalue weighted by Gasteiger charge is 2.47. The zero-order valence-electron chi connectivity index (χ0n) is 8.75. The van der Waals surface area contributed by atoms with Crippen molar-refractivity contribution >= 4 is 0 Å². The molecule has 0 aromatic rings. The number of hydrogen-bond donors (Lipinski definition) is 3. The lowest BCUT2D eigenvalue weighted by Crippen LogP contribution is -2.64. The Morgan fingerprint density at radius 3 is 1.93 bits per heavy atom. The third kappa shape index (κ3) is 1.78. The van der Waals surface area contributed by atoms with Crippen LogP contribution < -0.4 is 5.73 Å². The van der Waals surface area contributed by atoms with Gasteiger partial charge in [-0.05, 0) is 0 Å². The molecule has 0 aromatic heterocycles. The molecule has 6 atom stereocenters. The van der Waals surface area contributed by atoms with E-state index in [9.17, 15) is 10.2 Å². The van der Waals surface area contributed by atoms with Gasteiger partial charge in [0.2, 0.25) is 0 Å². The largest absolute Gasteiger partial charge is 0.391 e. The van der Waals surface area contributed by atoms with Crippen LogP contribution in [0, 0.1) is 5.92 Å². The van der Waals surface area contributed by atoms with Crippen molar-refractivity contribution in [1.82, 2.24) is 0 Å². The monoisotopic (exact) mass is 205 g/mol. The number of methoxy groups -OCH3 is 2. The van der Waals surface area contributed by atoms with E-state index in [4.69, 9.17) is 15.2 Å². The van der Waals surface area contributed by atoms with E-state index in [1.54, 1.807) is 6.92 Å². The fraction of sp³-hybridized carbons (Fsp3) is 1.00. The van der Waals surface area contributed by atoms with Crippen molar-refractivity contribution in [3.8, 4) is 0 Å². The SMILES string of the molecule is CO[C@@H]1[C@@H](O)[C@H](C)C(O)[C@H](N)[C@H]1OC. The Hall–Kier alpha value is -0.200. The quantitative estimate of drug-likeness (QED) is 0.522.